The maximum Gasteiger partial charge on any atom is 0.154 e. The third kappa shape index (κ3) is 2.80. The number of nitrogens with one attached hydrogen (secondary N) is 1. The highest BCUT2D eigenvalue weighted by Gasteiger charge is 2.21. The van der Waals surface area contributed by atoms with Gasteiger partial charge in [-0.3, -0.25) is 4.79 Å². The monoisotopic (exact) mass is 223 g/mol. The van der Waals surface area contributed by atoms with E-state index in [4.69, 9.17) is 11.6 Å². The Balaban J connectivity index is 1.99. The van der Waals surface area contributed by atoms with Crippen molar-refractivity contribution >= 4 is 17.4 Å². The fraction of sp³-hybridized carbons (Fsp3) is 0.417. The van der Waals surface area contributed by atoms with E-state index < -0.39 is 0 Å². The van der Waals surface area contributed by atoms with Gasteiger partial charge in [0.25, 0.3) is 0 Å². The molecular weight excluding hydrogens is 210 g/mol. The van der Waals surface area contributed by atoms with Gasteiger partial charge < -0.3 is 5.32 Å². The van der Waals surface area contributed by atoms with Gasteiger partial charge in [-0.05, 0) is 37.1 Å². The summed E-state index contributed by atoms with van der Waals surface area (Å²) in [4.78, 5) is 11.8. The van der Waals surface area contributed by atoms with Crippen LogP contribution in [0.2, 0.25) is 5.02 Å². The highest BCUT2D eigenvalue weighted by molar-refractivity contribution is 6.30. The number of hydrogen-bond donors (Lipinski definition) is 1. The molecule has 1 aliphatic rings. The molecule has 1 unspecified atom stereocenters. The normalized spacial score (nSPS) is 20.5. The summed E-state index contributed by atoms with van der Waals surface area (Å²) in [5.74, 6) is 0.273. The van der Waals surface area contributed by atoms with Gasteiger partial charge in [0.05, 0.1) is 6.04 Å². The molecule has 1 heterocycles. The van der Waals surface area contributed by atoms with Crippen LogP contribution in [0.3, 0.4) is 0 Å². The Morgan fingerprint density at radius 1 is 1.53 bits per heavy atom. The summed E-state index contributed by atoms with van der Waals surface area (Å²) >= 11 is 5.86. The molecule has 0 amide bonds. The number of carbonyl (C=O) groups excluding carboxylic acids is 1. The molecule has 0 spiro atoms. The van der Waals surface area contributed by atoms with Crippen molar-refractivity contribution < 1.29 is 4.79 Å². The van der Waals surface area contributed by atoms with Crippen molar-refractivity contribution in [3.05, 3.63) is 34.9 Å². The molecule has 0 bridgehead atoms. The van der Waals surface area contributed by atoms with Crippen molar-refractivity contribution in [1.82, 2.24) is 5.32 Å². The molecule has 0 saturated carbocycles. The van der Waals surface area contributed by atoms with Crippen LogP contribution in [-0.4, -0.2) is 18.4 Å². The lowest BCUT2D eigenvalue weighted by atomic mass is 10.0. The first-order chi connectivity index (χ1) is 7.25. The minimum absolute atomic E-state index is 0.0592. The van der Waals surface area contributed by atoms with Gasteiger partial charge in [0.1, 0.15) is 0 Å². The molecule has 0 radical (unpaired) electrons. The smallest absolute Gasteiger partial charge is 0.154 e. The van der Waals surface area contributed by atoms with E-state index in [0.29, 0.717) is 11.4 Å². The summed E-state index contributed by atoms with van der Waals surface area (Å²) in [5, 5.41) is 3.90. The fourth-order valence-electron chi connectivity index (χ4n) is 1.93. The number of benzene rings is 1. The number of hydrogen-bond acceptors (Lipinski definition) is 2. The molecular formula is C12H14ClNO. The number of ketones is 1. The zero-order valence-electron chi connectivity index (χ0n) is 8.50. The Morgan fingerprint density at radius 2 is 2.40 bits per heavy atom. The topological polar surface area (TPSA) is 29.1 Å². The molecule has 2 nitrogen and oxygen atoms in total. The van der Waals surface area contributed by atoms with E-state index >= 15 is 0 Å². The summed E-state index contributed by atoms with van der Waals surface area (Å²) in [7, 11) is 0. The lowest BCUT2D eigenvalue weighted by Crippen LogP contribution is -2.31. The SMILES string of the molecule is O=C(Cc1cccc(Cl)c1)C1CCCN1. The lowest BCUT2D eigenvalue weighted by Gasteiger charge is -2.08. The van der Waals surface area contributed by atoms with Crippen LogP contribution in [-0.2, 0) is 11.2 Å². The van der Waals surface area contributed by atoms with Crippen LogP contribution >= 0.6 is 11.6 Å². The summed E-state index contributed by atoms with van der Waals surface area (Å²) in [6, 6.07) is 7.56. The zero-order chi connectivity index (χ0) is 10.7. The zero-order valence-corrected chi connectivity index (χ0v) is 9.26. The van der Waals surface area contributed by atoms with Gasteiger partial charge in [-0.25, -0.2) is 0 Å². The molecule has 1 aromatic carbocycles. The van der Waals surface area contributed by atoms with Gasteiger partial charge >= 0.3 is 0 Å². The van der Waals surface area contributed by atoms with Crippen molar-refractivity contribution in [2.75, 3.05) is 6.54 Å². The first kappa shape index (κ1) is 10.7. The van der Waals surface area contributed by atoms with E-state index in [0.717, 1.165) is 24.9 Å². The molecule has 80 valence electrons. The second kappa shape index (κ2) is 4.77. The molecule has 2 rings (SSSR count). The largest absolute Gasteiger partial charge is 0.307 e. The van der Waals surface area contributed by atoms with Gasteiger partial charge in [-0.1, -0.05) is 23.7 Å². The predicted molar refractivity (Wildman–Crippen MR) is 61.2 cm³/mol. The number of rotatable bonds is 3. The van der Waals surface area contributed by atoms with Crippen LogP contribution in [0.4, 0.5) is 0 Å². The second-order valence-corrected chi connectivity index (χ2v) is 4.36. The third-order valence-corrected chi connectivity index (χ3v) is 2.95. The quantitative estimate of drug-likeness (QED) is 0.851. The van der Waals surface area contributed by atoms with Gasteiger partial charge in [0.15, 0.2) is 5.78 Å². The van der Waals surface area contributed by atoms with Gasteiger partial charge in [0.2, 0.25) is 0 Å². The van der Waals surface area contributed by atoms with Crippen LogP contribution in [0.25, 0.3) is 0 Å². The van der Waals surface area contributed by atoms with Crippen LogP contribution in [0.5, 0.6) is 0 Å². The standard InChI is InChI=1S/C12H14ClNO/c13-10-4-1-3-9(7-10)8-12(15)11-5-2-6-14-11/h1,3-4,7,11,14H,2,5-6,8H2. The minimum Gasteiger partial charge on any atom is -0.307 e. The number of halogens is 1. The average Bonchev–Trinajstić information content (AvgIpc) is 2.70. The van der Waals surface area contributed by atoms with E-state index in [1.165, 1.54) is 0 Å². The lowest BCUT2D eigenvalue weighted by molar-refractivity contribution is -0.120. The average molecular weight is 224 g/mol. The van der Waals surface area contributed by atoms with E-state index in [-0.39, 0.29) is 11.8 Å². The molecule has 15 heavy (non-hydrogen) atoms. The van der Waals surface area contributed by atoms with Crippen LogP contribution in [0.1, 0.15) is 18.4 Å². The molecule has 1 fully saturated rings. The molecule has 1 aliphatic heterocycles. The maximum absolute atomic E-state index is 11.8. The van der Waals surface area contributed by atoms with Crippen molar-refractivity contribution in [1.29, 1.82) is 0 Å². The highest BCUT2D eigenvalue weighted by Crippen LogP contribution is 2.14. The molecule has 0 aromatic heterocycles. The number of Topliss-reactive ketones (excluding diaryl/α,β-unsaturated/α-hetero) is 1. The molecule has 0 aliphatic carbocycles. The van der Waals surface area contributed by atoms with Gasteiger partial charge in [0, 0.05) is 11.4 Å². The van der Waals surface area contributed by atoms with Crippen LogP contribution < -0.4 is 5.32 Å². The van der Waals surface area contributed by atoms with Crippen LogP contribution in [0, 0.1) is 0 Å². The van der Waals surface area contributed by atoms with Crippen molar-refractivity contribution in [3.63, 3.8) is 0 Å². The maximum atomic E-state index is 11.8. The molecule has 1 saturated heterocycles. The van der Waals surface area contributed by atoms with E-state index in [2.05, 4.69) is 5.32 Å². The van der Waals surface area contributed by atoms with Crippen LogP contribution in [0.15, 0.2) is 24.3 Å². The second-order valence-electron chi connectivity index (χ2n) is 3.92. The molecule has 1 N–H and O–H groups in total. The highest BCUT2D eigenvalue weighted by atomic mass is 35.5. The summed E-state index contributed by atoms with van der Waals surface area (Å²) in [6.45, 7) is 0.964. The molecule has 1 atom stereocenters. The van der Waals surface area contributed by atoms with Crippen molar-refractivity contribution in [3.8, 4) is 0 Å². The van der Waals surface area contributed by atoms with Crippen molar-refractivity contribution in [2.45, 2.75) is 25.3 Å². The first-order valence-corrected chi connectivity index (χ1v) is 5.64. The first-order valence-electron chi connectivity index (χ1n) is 5.26. The Labute approximate surface area is 94.6 Å². The summed E-state index contributed by atoms with van der Waals surface area (Å²) in [6.07, 6.45) is 2.56. The Hall–Kier alpha value is -0.860. The van der Waals surface area contributed by atoms with Gasteiger partial charge in [-0.15, -0.1) is 0 Å². The van der Waals surface area contributed by atoms with E-state index in [1.807, 2.05) is 24.3 Å². The minimum atomic E-state index is 0.0592. The predicted octanol–water partition coefficient (Wildman–Crippen LogP) is 2.20. The third-order valence-electron chi connectivity index (χ3n) is 2.72. The Bertz CT molecular complexity index is 358. The Morgan fingerprint density at radius 3 is 3.07 bits per heavy atom. The van der Waals surface area contributed by atoms with Crippen molar-refractivity contribution in [2.24, 2.45) is 0 Å². The van der Waals surface area contributed by atoms with E-state index in [1.54, 1.807) is 0 Å². The van der Waals surface area contributed by atoms with Gasteiger partial charge in [-0.2, -0.15) is 0 Å². The Kier molecular flexibility index (Phi) is 3.39. The molecule has 1 aromatic rings. The summed E-state index contributed by atoms with van der Waals surface area (Å²) < 4.78 is 0. The summed E-state index contributed by atoms with van der Waals surface area (Å²) in [5.41, 5.74) is 1.00. The number of carbonyl (C=O) groups is 1. The fourth-order valence-corrected chi connectivity index (χ4v) is 2.14. The van der Waals surface area contributed by atoms with E-state index in [9.17, 15) is 4.79 Å². The molecule has 3 heteroatoms.